The van der Waals surface area contributed by atoms with Crippen molar-refractivity contribution in [3.8, 4) is 0 Å². The molecular weight excluding hydrogens is 324 g/mol. The fraction of sp³-hybridized carbons (Fsp3) is 0.500. The molecule has 2 N–H and O–H groups in total. The van der Waals surface area contributed by atoms with Crippen molar-refractivity contribution in [1.82, 2.24) is 15.6 Å². The zero-order valence-corrected chi connectivity index (χ0v) is 11.1. The Morgan fingerprint density at radius 1 is 1.40 bits per heavy atom. The van der Waals surface area contributed by atoms with Crippen molar-refractivity contribution < 1.29 is 0 Å². The van der Waals surface area contributed by atoms with Crippen molar-refractivity contribution in [2.45, 2.75) is 15.5 Å². The third kappa shape index (κ3) is 3.03. The molecule has 2 heterocycles. The van der Waals surface area contributed by atoms with Crippen LogP contribution in [0.4, 0.5) is 0 Å². The monoisotopic (exact) mass is 337 g/mol. The molecule has 82 valence electrons. The number of aromatic nitrogens is 1. The van der Waals surface area contributed by atoms with E-state index in [4.69, 9.17) is 11.6 Å². The van der Waals surface area contributed by atoms with E-state index in [1.165, 1.54) is 0 Å². The molecule has 3 nitrogen and oxygen atoms in total. The fourth-order valence-electron chi connectivity index (χ4n) is 1.60. The molecule has 1 aliphatic heterocycles. The van der Waals surface area contributed by atoms with Gasteiger partial charge in [0.1, 0.15) is 0 Å². The number of alkyl halides is 2. The standard InChI is InChI=1S/C10H13ClIN3/c11-10-7(12)5-13-6-9(15-10)8-3-1-2-4-14-8/h1-4,7,9-10,13,15H,5-6H2. The topological polar surface area (TPSA) is 37.0 Å². The van der Waals surface area contributed by atoms with E-state index in [2.05, 4.69) is 38.2 Å². The summed E-state index contributed by atoms with van der Waals surface area (Å²) in [6.45, 7) is 1.81. The molecular formula is C10H13ClIN3. The molecule has 0 radical (unpaired) electrons. The van der Waals surface area contributed by atoms with Gasteiger partial charge in [0.2, 0.25) is 0 Å². The summed E-state index contributed by atoms with van der Waals surface area (Å²) in [7, 11) is 0. The predicted octanol–water partition coefficient (Wildman–Crippen LogP) is 1.68. The highest BCUT2D eigenvalue weighted by Gasteiger charge is 2.25. The molecule has 3 atom stereocenters. The highest BCUT2D eigenvalue weighted by atomic mass is 127. The maximum Gasteiger partial charge on any atom is 0.0962 e. The molecule has 1 saturated heterocycles. The first-order valence-electron chi connectivity index (χ1n) is 4.93. The summed E-state index contributed by atoms with van der Waals surface area (Å²) in [5, 5.41) is 6.76. The van der Waals surface area contributed by atoms with Crippen LogP contribution in [0.15, 0.2) is 24.4 Å². The van der Waals surface area contributed by atoms with Crippen molar-refractivity contribution in [2.75, 3.05) is 13.1 Å². The highest BCUT2D eigenvalue weighted by molar-refractivity contribution is 14.1. The van der Waals surface area contributed by atoms with Gasteiger partial charge in [-0.3, -0.25) is 10.3 Å². The van der Waals surface area contributed by atoms with Crippen LogP contribution in [-0.4, -0.2) is 27.5 Å². The summed E-state index contributed by atoms with van der Waals surface area (Å²) in [4.78, 5) is 4.34. The average Bonchev–Trinajstić information content (AvgIpc) is 2.43. The van der Waals surface area contributed by atoms with Gasteiger partial charge >= 0.3 is 0 Å². The lowest BCUT2D eigenvalue weighted by molar-refractivity contribution is 0.523. The van der Waals surface area contributed by atoms with Gasteiger partial charge in [0.05, 0.1) is 21.2 Å². The molecule has 0 aromatic carbocycles. The molecule has 2 rings (SSSR count). The van der Waals surface area contributed by atoms with Crippen LogP contribution in [0.1, 0.15) is 11.7 Å². The Kier molecular flexibility index (Phi) is 4.19. The van der Waals surface area contributed by atoms with Gasteiger partial charge < -0.3 is 5.32 Å². The lowest BCUT2D eigenvalue weighted by atomic mass is 10.2. The van der Waals surface area contributed by atoms with E-state index in [1.807, 2.05) is 24.4 Å². The lowest BCUT2D eigenvalue weighted by Gasteiger charge is -2.19. The van der Waals surface area contributed by atoms with Gasteiger partial charge in [-0.25, -0.2) is 0 Å². The van der Waals surface area contributed by atoms with Gasteiger partial charge in [-0.15, -0.1) is 11.6 Å². The number of nitrogens with zero attached hydrogens (tertiary/aromatic N) is 1. The minimum atomic E-state index is -0.00685. The third-order valence-electron chi connectivity index (χ3n) is 2.41. The second kappa shape index (κ2) is 5.43. The summed E-state index contributed by atoms with van der Waals surface area (Å²) >= 11 is 8.59. The quantitative estimate of drug-likeness (QED) is 0.465. The largest absolute Gasteiger partial charge is 0.314 e. The van der Waals surface area contributed by atoms with Gasteiger partial charge in [0, 0.05) is 19.3 Å². The Morgan fingerprint density at radius 2 is 2.27 bits per heavy atom. The molecule has 1 aliphatic rings. The molecule has 5 heteroatoms. The maximum absolute atomic E-state index is 6.23. The Balaban J connectivity index is 2.10. The average molecular weight is 338 g/mol. The predicted molar refractivity (Wildman–Crippen MR) is 70.4 cm³/mol. The maximum atomic E-state index is 6.23. The van der Waals surface area contributed by atoms with Crippen molar-refractivity contribution in [2.24, 2.45) is 0 Å². The zero-order chi connectivity index (χ0) is 10.7. The van der Waals surface area contributed by atoms with E-state index in [0.717, 1.165) is 18.8 Å². The molecule has 1 aromatic rings. The smallest absolute Gasteiger partial charge is 0.0962 e. The van der Waals surface area contributed by atoms with Crippen molar-refractivity contribution in [3.63, 3.8) is 0 Å². The molecule has 1 aromatic heterocycles. The Bertz CT molecular complexity index is 309. The van der Waals surface area contributed by atoms with E-state index >= 15 is 0 Å². The zero-order valence-electron chi connectivity index (χ0n) is 8.16. The molecule has 0 bridgehead atoms. The molecule has 0 amide bonds. The molecule has 0 saturated carbocycles. The van der Waals surface area contributed by atoms with Crippen LogP contribution < -0.4 is 10.6 Å². The molecule has 0 aliphatic carbocycles. The van der Waals surface area contributed by atoms with E-state index in [9.17, 15) is 0 Å². The van der Waals surface area contributed by atoms with Crippen LogP contribution in [0.2, 0.25) is 0 Å². The summed E-state index contributed by atoms with van der Waals surface area (Å²) < 4.78 is 0.401. The number of nitrogens with one attached hydrogen (secondary N) is 2. The fourth-order valence-corrected chi connectivity index (χ4v) is 2.36. The van der Waals surface area contributed by atoms with Gasteiger partial charge in [-0.1, -0.05) is 28.7 Å². The summed E-state index contributed by atoms with van der Waals surface area (Å²) in [5.74, 6) is 0. The minimum absolute atomic E-state index is 0.00685. The van der Waals surface area contributed by atoms with E-state index in [0.29, 0.717) is 3.92 Å². The first-order valence-corrected chi connectivity index (χ1v) is 6.61. The van der Waals surface area contributed by atoms with Crippen LogP contribution in [0.25, 0.3) is 0 Å². The van der Waals surface area contributed by atoms with E-state index < -0.39 is 0 Å². The second-order valence-electron chi connectivity index (χ2n) is 3.55. The third-order valence-corrected chi connectivity index (χ3v) is 4.43. The SMILES string of the molecule is ClC1NC(c2ccccn2)CNCC1I. The molecule has 0 spiro atoms. The molecule has 1 fully saturated rings. The molecule has 15 heavy (non-hydrogen) atoms. The van der Waals surface area contributed by atoms with Gasteiger partial charge in [-0.2, -0.15) is 0 Å². The first kappa shape index (κ1) is 11.6. The van der Waals surface area contributed by atoms with Crippen LogP contribution in [-0.2, 0) is 0 Å². The van der Waals surface area contributed by atoms with Crippen LogP contribution in [0, 0.1) is 0 Å². The summed E-state index contributed by atoms with van der Waals surface area (Å²) in [6.07, 6.45) is 1.81. The van der Waals surface area contributed by atoms with Gasteiger partial charge in [0.15, 0.2) is 0 Å². The number of pyridine rings is 1. The summed E-state index contributed by atoms with van der Waals surface area (Å²) in [5.41, 5.74) is 1.04. The Labute approximate surface area is 108 Å². The highest BCUT2D eigenvalue weighted by Crippen LogP contribution is 2.18. The van der Waals surface area contributed by atoms with Crippen LogP contribution in [0.5, 0.6) is 0 Å². The molecule has 3 unspecified atom stereocenters. The Hall–Kier alpha value is 0.0900. The lowest BCUT2D eigenvalue weighted by Crippen LogP contribution is -2.34. The van der Waals surface area contributed by atoms with Crippen LogP contribution in [0.3, 0.4) is 0 Å². The van der Waals surface area contributed by atoms with Crippen molar-refractivity contribution in [3.05, 3.63) is 30.1 Å². The number of rotatable bonds is 1. The number of halogens is 2. The number of hydrogen-bond acceptors (Lipinski definition) is 3. The normalized spacial score (nSPS) is 32.3. The number of hydrogen-bond donors (Lipinski definition) is 2. The van der Waals surface area contributed by atoms with Crippen molar-refractivity contribution in [1.29, 1.82) is 0 Å². The Morgan fingerprint density at radius 3 is 3.00 bits per heavy atom. The van der Waals surface area contributed by atoms with Gasteiger partial charge in [0.25, 0.3) is 0 Å². The van der Waals surface area contributed by atoms with E-state index in [-0.39, 0.29) is 11.5 Å². The summed E-state index contributed by atoms with van der Waals surface area (Å²) in [6, 6.07) is 6.15. The van der Waals surface area contributed by atoms with E-state index in [1.54, 1.807) is 0 Å². The second-order valence-corrected chi connectivity index (χ2v) is 5.62. The first-order chi connectivity index (χ1) is 7.27. The van der Waals surface area contributed by atoms with Gasteiger partial charge in [-0.05, 0) is 12.1 Å². The minimum Gasteiger partial charge on any atom is -0.314 e. The van der Waals surface area contributed by atoms with Crippen molar-refractivity contribution >= 4 is 34.2 Å². The van der Waals surface area contributed by atoms with Crippen LogP contribution >= 0.6 is 34.2 Å².